The third-order valence-corrected chi connectivity index (χ3v) is 2.38. The van der Waals surface area contributed by atoms with Gasteiger partial charge >= 0.3 is 17.5 Å². The van der Waals surface area contributed by atoms with Gasteiger partial charge in [0, 0.05) is 6.20 Å². The number of aliphatic hydroxyl groups is 3. The van der Waals surface area contributed by atoms with E-state index in [1.807, 2.05) is 5.43 Å². The van der Waals surface area contributed by atoms with Crippen LogP contribution in [0.25, 0.3) is 0 Å². The van der Waals surface area contributed by atoms with Crippen LogP contribution in [0.2, 0.25) is 0 Å². The molecule has 0 aliphatic rings. The molecule has 112 valence electrons. The summed E-state index contributed by atoms with van der Waals surface area (Å²) in [6, 6.07) is 0.976. The second-order valence-corrected chi connectivity index (χ2v) is 3.73. The Kier molecular flexibility index (Phi) is 4.83. The lowest BCUT2D eigenvalue weighted by Gasteiger charge is -2.24. The van der Waals surface area contributed by atoms with Gasteiger partial charge in [0.05, 0.1) is 6.61 Å². The van der Waals surface area contributed by atoms with Gasteiger partial charge in [0.15, 0.2) is 6.10 Å². The number of nitrogens with two attached hydrogens (primary N) is 1. The fourth-order valence-corrected chi connectivity index (χ4v) is 1.27. The fraction of sp³-hybridized carbons (Fsp3) is 0.444. The van der Waals surface area contributed by atoms with E-state index >= 15 is 0 Å². The molecular weight excluding hydrogens is 282 g/mol. The molecule has 0 unspecified atom stereocenters. The maximum absolute atomic E-state index is 13.6. The van der Waals surface area contributed by atoms with Crippen LogP contribution < -0.4 is 17.0 Å². The summed E-state index contributed by atoms with van der Waals surface area (Å²) in [6.07, 6.45) is -4.44. The lowest BCUT2D eigenvalue weighted by atomic mass is 10.1. The first kappa shape index (κ1) is 16.1. The summed E-state index contributed by atoms with van der Waals surface area (Å²) in [6.45, 7) is -1.19. The summed E-state index contributed by atoms with van der Waals surface area (Å²) in [7, 11) is 0. The van der Waals surface area contributed by atoms with Crippen LogP contribution in [-0.4, -0.2) is 55.5 Å². The van der Waals surface area contributed by atoms with Crippen molar-refractivity contribution in [3.8, 4) is 0 Å². The third-order valence-electron chi connectivity index (χ3n) is 2.38. The number of carbonyl (C=O) groups excluding carboxylic acids is 1. The SMILES string of the molecule is NNc1ccn(C(=O)C(F)(F)[C@H](O)[C@H](O)CO)c(=O)n1. The van der Waals surface area contributed by atoms with E-state index in [0.29, 0.717) is 6.20 Å². The highest BCUT2D eigenvalue weighted by Crippen LogP contribution is 2.23. The minimum absolute atomic E-state index is 0.0475. The molecule has 20 heavy (non-hydrogen) atoms. The Hall–Kier alpha value is -1.95. The lowest BCUT2D eigenvalue weighted by molar-refractivity contribution is -0.136. The number of nitrogen functional groups attached to an aromatic ring is 1. The molecule has 0 saturated carbocycles. The van der Waals surface area contributed by atoms with Crippen LogP contribution in [0.15, 0.2) is 17.1 Å². The number of aliphatic hydroxyl groups excluding tert-OH is 3. The van der Waals surface area contributed by atoms with Gasteiger partial charge in [0.1, 0.15) is 11.9 Å². The van der Waals surface area contributed by atoms with E-state index in [2.05, 4.69) is 4.98 Å². The van der Waals surface area contributed by atoms with Gasteiger partial charge in [-0.05, 0) is 6.07 Å². The lowest BCUT2D eigenvalue weighted by Crippen LogP contribution is -2.53. The molecule has 0 aromatic carbocycles. The van der Waals surface area contributed by atoms with Crippen molar-refractivity contribution in [1.82, 2.24) is 9.55 Å². The number of hydrogen-bond donors (Lipinski definition) is 5. The fourth-order valence-electron chi connectivity index (χ4n) is 1.27. The van der Waals surface area contributed by atoms with Crippen LogP contribution in [0, 0.1) is 0 Å². The largest absolute Gasteiger partial charge is 0.394 e. The van der Waals surface area contributed by atoms with E-state index in [1.165, 1.54) is 0 Å². The average Bonchev–Trinajstić information content (AvgIpc) is 2.44. The summed E-state index contributed by atoms with van der Waals surface area (Å²) in [4.78, 5) is 26.0. The highest BCUT2D eigenvalue weighted by atomic mass is 19.3. The van der Waals surface area contributed by atoms with Crippen LogP contribution in [0.5, 0.6) is 0 Å². The molecule has 11 heteroatoms. The maximum Gasteiger partial charge on any atom is 0.356 e. The Morgan fingerprint density at radius 3 is 2.60 bits per heavy atom. The van der Waals surface area contributed by atoms with Gasteiger partial charge in [-0.3, -0.25) is 4.79 Å². The Morgan fingerprint density at radius 1 is 1.55 bits per heavy atom. The molecule has 9 nitrogen and oxygen atoms in total. The van der Waals surface area contributed by atoms with Crippen LogP contribution in [0.1, 0.15) is 4.79 Å². The predicted molar refractivity (Wildman–Crippen MR) is 61.0 cm³/mol. The van der Waals surface area contributed by atoms with Crippen molar-refractivity contribution in [2.45, 2.75) is 18.1 Å². The number of anilines is 1. The molecule has 0 bridgehead atoms. The number of nitrogens with zero attached hydrogens (tertiary/aromatic N) is 2. The van der Waals surface area contributed by atoms with E-state index in [-0.39, 0.29) is 10.4 Å². The number of carbonyl (C=O) groups is 1. The molecule has 2 atom stereocenters. The quantitative estimate of drug-likeness (QED) is 0.296. The van der Waals surface area contributed by atoms with E-state index < -0.39 is 36.3 Å². The number of alkyl halides is 2. The minimum atomic E-state index is -4.49. The predicted octanol–water partition coefficient (Wildman–Crippen LogP) is -2.48. The van der Waals surface area contributed by atoms with Crippen molar-refractivity contribution in [1.29, 1.82) is 0 Å². The zero-order valence-electron chi connectivity index (χ0n) is 9.90. The number of halogens is 2. The van der Waals surface area contributed by atoms with Crippen LogP contribution >= 0.6 is 0 Å². The van der Waals surface area contributed by atoms with Gasteiger partial charge in [0.25, 0.3) is 0 Å². The number of nitrogens with one attached hydrogen (secondary N) is 1. The zero-order chi connectivity index (χ0) is 15.5. The van der Waals surface area contributed by atoms with Crippen molar-refractivity contribution >= 4 is 11.7 Å². The van der Waals surface area contributed by atoms with Crippen molar-refractivity contribution in [2.75, 3.05) is 12.0 Å². The van der Waals surface area contributed by atoms with Gasteiger partial charge in [-0.2, -0.15) is 13.8 Å². The van der Waals surface area contributed by atoms with Crippen LogP contribution in [0.4, 0.5) is 14.6 Å². The molecule has 1 rings (SSSR count). The molecule has 6 N–H and O–H groups in total. The van der Waals surface area contributed by atoms with Gasteiger partial charge in [0.2, 0.25) is 0 Å². The monoisotopic (exact) mass is 294 g/mol. The van der Waals surface area contributed by atoms with Crippen molar-refractivity contribution in [2.24, 2.45) is 5.84 Å². The third kappa shape index (κ3) is 2.96. The number of aromatic nitrogens is 2. The van der Waals surface area contributed by atoms with Gasteiger partial charge in [-0.15, -0.1) is 0 Å². The summed E-state index contributed by atoms with van der Waals surface area (Å²) in [5, 5.41) is 26.6. The Bertz CT molecular complexity index is 549. The van der Waals surface area contributed by atoms with Crippen molar-refractivity contribution in [3.05, 3.63) is 22.7 Å². The second-order valence-electron chi connectivity index (χ2n) is 3.73. The molecule has 1 aromatic heterocycles. The second kappa shape index (κ2) is 6.00. The first-order valence-electron chi connectivity index (χ1n) is 5.21. The van der Waals surface area contributed by atoms with Crippen molar-refractivity contribution < 1.29 is 28.9 Å². The van der Waals surface area contributed by atoms with Gasteiger partial charge < -0.3 is 20.7 Å². The van der Waals surface area contributed by atoms with E-state index in [0.717, 1.165) is 6.07 Å². The highest BCUT2D eigenvalue weighted by molar-refractivity contribution is 5.86. The Labute approximate surface area is 110 Å². The molecule has 0 aliphatic heterocycles. The van der Waals surface area contributed by atoms with Crippen LogP contribution in [0.3, 0.4) is 0 Å². The summed E-state index contributed by atoms with van der Waals surface area (Å²) in [5.41, 5.74) is 0.626. The molecule has 0 spiro atoms. The maximum atomic E-state index is 13.6. The van der Waals surface area contributed by atoms with E-state index in [4.69, 9.17) is 21.2 Å². The molecule has 1 aromatic rings. The highest BCUT2D eigenvalue weighted by Gasteiger charge is 2.50. The van der Waals surface area contributed by atoms with E-state index in [1.54, 1.807) is 0 Å². The van der Waals surface area contributed by atoms with Gasteiger partial charge in [-0.25, -0.2) is 15.2 Å². The Morgan fingerprint density at radius 2 is 2.15 bits per heavy atom. The van der Waals surface area contributed by atoms with Crippen molar-refractivity contribution in [3.63, 3.8) is 0 Å². The summed E-state index contributed by atoms with van der Waals surface area (Å²) < 4.78 is 27.1. The number of rotatable bonds is 5. The molecule has 0 saturated heterocycles. The molecule has 1 heterocycles. The Balaban J connectivity index is 3.14. The smallest absolute Gasteiger partial charge is 0.356 e. The molecule has 0 fully saturated rings. The van der Waals surface area contributed by atoms with Gasteiger partial charge in [-0.1, -0.05) is 0 Å². The van der Waals surface area contributed by atoms with Crippen LogP contribution in [-0.2, 0) is 0 Å². The number of hydrogen-bond acceptors (Lipinski definition) is 8. The first-order chi connectivity index (χ1) is 9.25. The molecular formula is C9H12F2N4O5. The number of hydrazine groups is 1. The van der Waals surface area contributed by atoms with E-state index in [9.17, 15) is 18.4 Å². The minimum Gasteiger partial charge on any atom is -0.394 e. The molecule has 0 radical (unpaired) electrons. The molecule has 0 amide bonds. The zero-order valence-corrected chi connectivity index (χ0v) is 9.90. The average molecular weight is 294 g/mol. The molecule has 0 aliphatic carbocycles. The topological polar surface area (TPSA) is 151 Å². The standard InChI is InChI=1S/C9H12F2N4O5/c10-9(11,6(18)4(17)3-16)7(19)15-2-1-5(14-12)13-8(15)20/h1-2,4,6,16-18H,3,12H2,(H,13,14,20)/t4-,6-/m1/s1. The first-order valence-corrected chi connectivity index (χ1v) is 5.21. The summed E-state index contributed by atoms with van der Waals surface area (Å²) in [5.74, 6) is -1.81. The normalized spacial score (nSPS) is 14.7. The summed E-state index contributed by atoms with van der Waals surface area (Å²) >= 11 is 0.